The van der Waals surface area contributed by atoms with Crippen molar-refractivity contribution >= 4 is 66.4 Å². The summed E-state index contributed by atoms with van der Waals surface area (Å²) in [5.41, 5.74) is 11.9. The molecule has 3 amide bonds. The molecule has 2 fully saturated rings. The van der Waals surface area contributed by atoms with E-state index in [-0.39, 0.29) is 12.1 Å². The maximum Gasteiger partial charge on any atom is 0.426 e. The van der Waals surface area contributed by atoms with Crippen LogP contribution in [0.3, 0.4) is 0 Å². The van der Waals surface area contributed by atoms with Crippen molar-refractivity contribution in [3.05, 3.63) is 86.6 Å². The lowest BCUT2D eigenvalue weighted by molar-refractivity contribution is -0.120. The maximum absolute atomic E-state index is 13.7. The predicted octanol–water partition coefficient (Wildman–Crippen LogP) is 8.13. The van der Waals surface area contributed by atoms with Crippen molar-refractivity contribution in [3.63, 3.8) is 0 Å². The number of aromatic nitrogens is 2. The molecule has 4 aromatic rings. The van der Waals surface area contributed by atoms with Crippen LogP contribution in [0.15, 0.2) is 69.6 Å². The average Bonchev–Trinajstić information content (AvgIpc) is 3.39. The van der Waals surface area contributed by atoms with Crippen molar-refractivity contribution in [2.75, 3.05) is 30.7 Å². The Labute approximate surface area is 297 Å². The smallest absolute Gasteiger partial charge is 0.397 e. The number of nitrogen functional groups attached to an aromatic ring is 1. The minimum Gasteiger partial charge on any atom is -0.397 e. The molecule has 0 spiro atoms. The van der Waals surface area contributed by atoms with Crippen LogP contribution in [0.5, 0.6) is 0 Å². The molecule has 3 aliphatic rings. The number of carbonyl (C=O) groups excluding carboxylic acids is 2. The molecule has 1 saturated carbocycles. The molecule has 2 aliphatic heterocycles. The molecule has 0 radical (unpaired) electrons. The molecule has 10 nitrogen and oxygen atoms in total. The Morgan fingerprint density at radius 2 is 1.67 bits per heavy atom. The van der Waals surface area contributed by atoms with Crippen molar-refractivity contribution < 1.29 is 14.4 Å². The van der Waals surface area contributed by atoms with E-state index in [4.69, 9.17) is 15.6 Å². The number of carbonyl (C=O) groups is 2. The van der Waals surface area contributed by atoms with E-state index in [1.807, 2.05) is 47.4 Å². The van der Waals surface area contributed by atoms with Gasteiger partial charge in [-0.15, -0.1) is 5.06 Å². The fourth-order valence-electron chi connectivity index (χ4n) is 7.50. The maximum atomic E-state index is 13.7. The van der Waals surface area contributed by atoms with Crippen LogP contribution in [0, 0.1) is 0 Å². The summed E-state index contributed by atoms with van der Waals surface area (Å²) in [5.74, 6) is 0.830. The molecular weight excluding hydrogens is 738 g/mol. The number of rotatable bonds is 7. The second-order valence-corrected chi connectivity index (χ2v) is 14.8. The van der Waals surface area contributed by atoms with E-state index in [0.29, 0.717) is 50.6 Å². The van der Waals surface area contributed by atoms with E-state index in [9.17, 15) is 9.59 Å². The second-order valence-electron chi connectivity index (χ2n) is 13.1. The fraction of sp³-hybridized carbons (Fsp3) is 0.417. The van der Waals surface area contributed by atoms with Gasteiger partial charge in [-0.2, -0.15) is 0 Å². The van der Waals surface area contributed by atoms with Gasteiger partial charge in [0.1, 0.15) is 5.82 Å². The minimum atomic E-state index is -0.516. The number of para-hydroxylation sites is 3. The first-order valence-corrected chi connectivity index (χ1v) is 18.5. The highest BCUT2D eigenvalue weighted by atomic mass is 79.9. The summed E-state index contributed by atoms with van der Waals surface area (Å²) in [5, 5.41) is 7.99. The third-order valence-electron chi connectivity index (χ3n) is 9.96. The number of fused-ring (bicyclic) bond motifs is 2. The first-order chi connectivity index (χ1) is 23.3. The minimum absolute atomic E-state index is 0.0679. The van der Waals surface area contributed by atoms with Gasteiger partial charge in [-0.3, -0.25) is 0 Å². The molecule has 1 aromatic heterocycles. The number of hydrogen-bond donors (Lipinski definition) is 3. The number of hydrogen-bond acceptors (Lipinski definition) is 6. The number of urea groups is 1. The molecule has 48 heavy (non-hydrogen) atoms. The van der Waals surface area contributed by atoms with E-state index in [2.05, 4.69) is 65.3 Å². The largest absolute Gasteiger partial charge is 0.426 e. The number of nitrogens with one attached hydrogen (secondary N) is 2. The standard InChI is InChI=1S/C36H41Br2N7O3/c37-27-20-23(21-28(38)33(27)39)22-31(34-40-30-12-6-7-13-32(30)45(34)26-9-2-1-3-10-26)42-36(47)48-43-17-15-25(16-18-43)44-19-14-24-8-4-5-11-29(24)41-35(44)46/h4-8,11-13,20-21,25-26,31H,1-3,9-10,14-19,22,39H2,(H,41,46)(H,42,47)/t31-/m1/s1. The number of anilines is 2. The van der Waals surface area contributed by atoms with Crippen LogP contribution in [-0.2, 0) is 17.7 Å². The van der Waals surface area contributed by atoms with Gasteiger partial charge in [0.25, 0.3) is 0 Å². The third kappa shape index (κ3) is 7.06. The van der Waals surface area contributed by atoms with E-state index < -0.39 is 12.1 Å². The van der Waals surface area contributed by atoms with Crippen LogP contribution < -0.4 is 16.4 Å². The van der Waals surface area contributed by atoms with Crippen LogP contribution in [-0.4, -0.2) is 57.3 Å². The van der Waals surface area contributed by atoms with Crippen molar-refractivity contribution in [1.29, 1.82) is 0 Å². The summed E-state index contributed by atoms with van der Waals surface area (Å²) in [6.07, 6.45) is 7.98. The normalized spacial score (nSPS) is 18.6. The number of hydroxylamine groups is 2. The van der Waals surface area contributed by atoms with Crippen molar-refractivity contribution in [1.82, 2.24) is 24.8 Å². The van der Waals surface area contributed by atoms with Gasteiger partial charge < -0.3 is 30.7 Å². The first kappa shape index (κ1) is 32.9. The van der Waals surface area contributed by atoms with Gasteiger partial charge in [-0.25, -0.2) is 14.6 Å². The van der Waals surface area contributed by atoms with E-state index in [0.717, 1.165) is 61.9 Å². The number of piperidine rings is 1. The fourth-order valence-corrected chi connectivity index (χ4v) is 8.78. The lowest BCUT2D eigenvalue weighted by Crippen LogP contribution is -2.49. The van der Waals surface area contributed by atoms with Gasteiger partial charge in [0, 0.05) is 52.8 Å². The lowest BCUT2D eigenvalue weighted by atomic mass is 9.94. The molecule has 3 aromatic carbocycles. The molecule has 0 bridgehead atoms. The molecule has 4 N–H and O–H groups in total. The van der Waals surface area contributed by atoms with E-state index in [1.54, 1.807) is 5.06 Å². The molecule has 1 saturated heterocycles. The Morgan fingerprint density at radius 3 is 2.44 bits per heavy atom. The number of amides is 3. The SMILES string of the molecule is Nc1c(Br)cc(C[C@@H](NC(=O)ON2CCC(N3CCc4ccccc4NC3=O)CC2)c2nc3ccccc3n2C2CCCCC2)cc1Br. The highest BCUT2D eigenvalue weighted by Crippen LogP contribution is 2.36. The Kier molecular flexibility index (Phi) is 9.93. The van der Waals surface area contributed by atoms with E-state index in [1.165, 1.54) is 19.3 Å². The molecule has 12 heteroatoms. The Hall–Kier alpha value is -3.61. The van der Waals surface area contributed by atoms with Gasteiger partial charge >= 0.3 is 12.1 Å². The summed E-state index contributed by atoms with van der Waals surface area (Å²) in [4.78, 5) is 39.7. The number of nitrogens with two attached hydrogens (primary N) is 1. The molecule has 252 valence electrons. The summed E-state index contributed by atoms with van der Waals surface area (Å²) >= 11 is 7.18. The Morgan fingerprint density at radius 1 is 0.958 bits per heavy atom. The predicted molar refractivity (Wildman–Crippen MR) is 195 cm³/mol. The lowest BCUT2D eigenvalue weighted by Gasteiger charge is -2.37. The van der Waals surface area contributed by atoms with Crippen LogP contribution in [0.25, 0.3) is 11.0 Å². The number of benzene rings is 3. The van der Waals surface area contributed by atoms with Crippen molar-refractivity contribution in [3.8, 4) is 0 Å². The molecule has 1 aliphatic carbocycles. The average molecular weight is 780 g/mol. The second kappa shape index (κ2) is 14.5. The molecule has 3 heterocycles. The summed E-state index contributed by atoms with van der Waals surface area (Å²) in [7, 11) is 0. The van der Waals surface area contributed by atoms with Crippen LogP contribution in [0.1, 0.15) is 74.0 Å². The van der Waals surface area contributed by atoms with E-state index >= 15 is 0 Å². The number of halogens is 2. The number of nitrogens with zero attached hydrogens (tertiary/aromatic N) is 4. The van der Waals surface area contributed by atoms with Crippen LogP contribution in [0.2, 0.25) is 0 Å². The molecule has 7 rings (SSSR count). The Bertz CT molecular complexity index is 1780. The highest BCUT2D eigenvalue weighted by Gasteiger charge is 2.33. The van der Waals surface area contributed by atoms with Gasteiger partial charge in [-0.05, 0) is 105 Å². The summed E-state index contributed by atoms with van der Waals surface area (Å²) in [6.45, 7) is 1.74. The van der Waals surface area contributed by atoms with Gasteiger partial charge in [-0.1, -0.05) is 49.6 Å². The van der Waals surface area contributed by atoms with Crippen molar-refractivity contribution in [2.24, 2.45) is 0 Å². The topological polar surface area (TPSA) is 118 Å². The van der Waals surface area contributed by atoms with Crippen molar-refractivity contribution in [2.45, 2.75) is 75.9 Å². The van der Waals surface area contributed by atoms with Gasteiger partial charge in [0.2, 0.25) is 0 Å². The molecule has 0 unspecified atom stereocenters. The van der Waals surface area contributed by atoms with Gasteiger partial charge in [0.05, 0.1) is 22.8 Å². The zero-order valence-electron chi connectivity index (χ0n) is 26.8. The Balaban J connectivity index is 1.08. The van der Waals surface area contributed by atoms with Gasteiger partial charge in [0.15, 0.2) is 0 Å². The summed E-state index contributed by atoms with van der Waals surface area (Å²) < 4.78 is 3.94. The quantitative estimate of drug-likeness (QED) is 0.163. The molecule has 1 atom stereocenters. The first-order valence-electron chi connectivity index (χ1n) is 16.9. The molecular formula is C36H41Br2N7O3. The third-order valence-corrected chi connectivity index (χ3v) is 11.3. The highest BCUT2D eigenvalue weighted by molar-refractivity contribution is 9.11. The zero-order valence-corrected chi connectivity index (χ0v) is 30.0. The van der Waals surface area contributed by atoms with Crippen LogP contribution in [0.4, 0.5) is 21.0 Å². The number of imidazole rings is 1. The summed E-state index contributed by atoms with van der Waals surface area (Å²) in [6, 6.07) is 20.1. The van der Waals surface area contributed by atoms with Crippen LogP contribution >= 0.6 is 31.9 Å². The monoisotopic (exact) mass is 777 g/mol. The zero-order chi connectivity index (χ0) is 33.2.